The fourth-order valence-corrected chi connectivity index (χ4v) is 3.79. The van der Waals surface area contributed by atoms with Gasteiger partial charge < -0.3 is 15.0 Å². The van der Waals surface area contributed by atoms with Crippen LogP contribution >= 0.6 is 0 Å². The fourth-order valence-electron chi connectivity index (χ4n) is 3.79. The number of nitrogens with zero attached hydrogens (tertiary/aromatic N) is 2. The molecule has 1 fully saturated rings. The van der Waals surface area contributed by atoms with Gasteiger partial charge in [0.1, 0.15) is 11.3 Å². The molecule has 134 valence electrons. The third kappa shape index (κ3) is 3.37. The summed E-state index contributed by atoms with van der Waals surface area (Å²) in [7, 11) is 1.71. The van der Waals surface area contributed by atoms with Crippen LogP contribution in [0.4, 0.5) is 5.69 Å². The van der Waals surface area contributed by atoms with Gasteiger partial charge in [-0.3, -0.25) is 0 Å². The van der Waals surface area contributed by atoms with Crippen LogP contribution in [-0.2, 0) is 6.42 Å². The molecule has 1 saturated heterocycles. The summed E-state index contributed by atoms with van der Waals surface area (Å²) in [5.74, 6) is 0.836. The summed E-state index contributed by atoms with van der Waals surface area (Å²) in [6.45, 7) is 5.00. The number of rotatable bonds is 4. The van der Waals surface area contributed by atoms with E-state index in [9.17, 15) is 0 Å². The average Bonchev–Trinajstić information content (AvgIpc) is 2.68. The molecular weight excluding hydrogens is 322 g/mol. The minimum Gasteiger partial charge on any atom is -0.494 e. The first-order valence-corrected chi connectivity index (χ1v) is 9.21. The largest absolute Gasteiger partial charge is 0.494 e. The lowest BCUT2D eigenvalue weighted by Crippen LogP contribution is -2.51. The third-order valence-electron chi connectivity index (χ3n) is 5.08. The average molecular weight is 347 g/mol. The second-order valence-corrected chi connectivity index (χ2v) is 6.92. The quantitative estimate of drug-likeness (QED) is 0.783. The first-order chi connectivity index (χ1) is 12.7. The topological polar surface area (TPSA) is 37.4 Å². The van der Waals surface area contributed by atoms with Crippen LogP contribution in [-0.4, -0.2) is 37.8 Å². The Hall–Kier alpha value is -2.59. The lowest BCUT2D eigenvalue weighted by Gasteiger charge is -2.36. The normalized spacial score (nSPS) is 17.5. The van der Waals surface area contributed by atoms with Crippen molar-refractivity contribution in [3.63, 3.8) is 0 Å². The van der Waals surface area contributed by atoms with E-state index in [1.54, 1.807) is 7.11 Å². The number of nitrogens with one attached hydrogen (secondary N) is 1. The summed E-state index contributed by atoms with van der Waals surface area (Å²) in [5.41, 5.74) is 4.58. The number of piperazine rings is 1. The Morgan fingerprint density at radius 3 is 2.77 bits per heavy atom. The van der Waals surface area contributed by atoms with E-state index in [1.165, 1.54) is 11.3 Å². The number of benzene rings is 2. The van der Waals surface area contributed by atoms with Crippen molar-refractivity contribution in [1.82, 2.24) is 10.3 Å². The number of aromatic nitrogens is 1. The first-order valence-electron chi connectivity index (χ1n) is 9.21. The minimum atomic E-state index is 0.446. The van der Waals surface area contributed by atoms with Gasteiger partial charge in [0, 0.05) is 42.4 Å². The monoisotopic (exact) mass is 347 g/mol. The number of methoxy groups -OCH3 is 1. The molecule has 4 heteroatoms. The number of hydrogen-bond donors (Lipinski definition) is 1. The number of pyridine rings is 1. The maximum Gasteiger partial charge on any atom is 0.145 e. The van der Waals surface area contributed by atoms with E-state index in [0.29, 0.717) is 6.04 Å². The van der Waals surface area contributed by atoms with E-state index in [4.69, 9.17) is 9.72 Å². The molecule has 26 heavy (non-hydrogen) atoms. The van der Waals surface area contributed by atoms with E-state index < -0.39 is 0 Å². The van der Waals surface area contributed by atoms with Gasteiger partial charge in [0.25, 0.3) is 0 Å². The molecule has 1 atom stereocenters. The predicted octanol–water partition coefficient (Wildman–Crippen LogP) is 3.57. The number of hydrogen-bond acceptors (Lipinski definition) is 4. The van der Waals surface area contributed by atoms with Crippen molar-refractivity contribution in [3.8, 4) is 5.75 Å². The zero-order valence-corrected chi connectivity index (χ0v) is 15.4. The fraction of sp³-hybridized carbons (Fsp3) is 0.318. The maximum absolute atomic E-state index is 5.53. The Balaban J connectivity index is 1.62. The standard InChI is InChI=1S/C22H25N3O/c1-16-8-9-19-20(10-11-21(26-2)22(19)24-16)25-13-12-23-18(15-25)14-17-6-4-3-5-7-17/h3-11,18,23H,12-15H2,1-2H3/t18-/m0/s1. The van der Waals surface area contributed by atoms with E-state index in [1.807, 2.05) is 13.0 Å². The summed E-state index contributed by atoms with van der Waals surface area (Å²) in [5, 5.41) is 4.83. The molecular formula is C22H25N3O. The molecule has 1 aliphatic rings. The van der Waals surface area contributed by atoms with Crippen LogP contribution in [0.1, 0.15) is 11.3 Å². The molecule has 1 aliphatic heterocycles. The highest BCUT2D eigenvalue weighted by Crippen LogP contribution is 2.33. The van der Waals surface area contributed by atoms with Crippen LogP contribution in [0.25, 0.3) is 10.9 Å². The molecule has 4 nitrogen and oxygen atoms in total. The highest BCUT2D eigenvalue weighted by atomic mass is 16.5. The second-order valence-electron chi connectivity index (χ2n) is 6.92. The molecule has 3 aromatic rings. The van der Waals surface area contributed by atoms with Gasteiger partial charge in [0.05, 0.1) is 7.11 Å². The minimum absolute atomic E-state index is 0.446. The lowest BCUT2D eigenvalue weighted by molar-refractivity contribution is 0.418. The summed E-state index contributed by atoms with van der Waals surface area (Å²) < 4.78 is 5.53. The van der Waals surface area contributed by atoms with Crippen molar-refractivity contribution >= 4 is 16.6 Å². The van der Waals surface area contributed by atoms with Gasteiger partial charge in [-0.2, -0.15) is 0 Å². The molecule has 1 N–H and O–H groups in total. The van der Waals surface area contributed by atoms with E-state index in [2.05, 4.69) is 58.7 Å². The van der Waals surface area contributed by atoms with Gasteiger partial charge in [-0.1, -0.05) is 30.3 Å². The van der Waals surface area contributed by atoms with Crippen molar-refractivity contribution in [2.75, 3.05) is 31.6 Å². The van der Waals surface area contributed by atoms with Gasteiger partial charge in [0.2, 0.25) is 0 Å². The summed E-state index contributed by atoms with van der Waals surface area (Å²) in [4.78, 5) is 7.20. The number of anilines is 1. The highest BCUT2D eigenvalue weighted by Gasteiger charge is 2.22. The molecule has 0 radical (unpaired) electrons. The third-order valence-corrected chi connectivity index (χ3v) is 5.08. The van der Waals surface area contributed by atoms with Crippen LogP contribution in [0.5, 0.6) is 5.75 Å². The van der Waals surface area contributed by atoms with Gasteiger partial charge in [-0.15, -0.1) is 0 Å². The molecule has 0 saturated carbocycles. The molecule has 0 unspecified atom stereocenters. The van der Waals surface area contributed by atoms with Gasteiger partial charge >= 0.3 is 0 Å². The summed E-state index contributed by atoms with van der Waals surface area (Å²) in [6.07, 6.45) is 1.04. The second kappa shape index (κ2) is 7.34. The van der Waals surface area contributed by atoms with Gasteiger partial charge in [-0.05, 0) is 43.2 Å². The molecule has 0 aliphatic carbocycles. The molecule has 2 aromatic carbocycles. The first kappa shape index (κ1) is 16.9. The Bertz CT molecular complexity index is 895. The molecule has 0 amide bonds. The Morgan fingerprint density at radius 2 is 1.96 bits per heavy atom. The number of fused-ring (bicyclic) bond motifs is 1. The Kier molecular flexibility index (Phi) is 4.76. The highest BCUT2D eigenvalue weighted by molar-refractivity contribution is 5.96. The van der Waals surface area contributed by atoms with Crippen molar-refractivity contribution in [2.24, 2.45) is 0 Å². The van der Waals surface area contributed by atoms with Crippen molar-refractivity contribution in [3.05, 3.63) is 65.9 Å². The maximum atomic E-state index is 5.53. The number of aryl methyl sites for hydroxylation is 1. The van der Waals surface area contributed by atoms with Crippen molar-refractivity contribution < 1.29 is 4.74 Å². The Morgan fingerprint density at radius 1 is 1.12 bits per heavy atom. The summed E-state index contributed by atoms with van der Waals surface area (Å²) in [6, 6.07) is 19.6. The SMILES string of the molecule is COc1ccc(N2CCN[C@@H](Cc3ccccc3)C2)c2ccc(C)nc12. The van der Waals surface area contributed by atoms with Gasteiger partial charge in [-0.25, -0.2) is 4.98 Å². The molecule has 0 spiro atoms. The Labute approximate surface area is 154 Å². The van der Waals surface area contributed by atoms with E-state index in [0.717, 1.165) is 48.4 Å². The van der Waals surface area contributed by atoms with Crippen molar-refractivity contribution in [2.45, 2.75) is 19.4 Å². The molecule has 2 heterocycles. The predicted molar refractivity (Wildman–Crippen MR) is 107 cm³/mol. The van der Waals surface area contributed by atoms with Crippen LogP contribution in [0.15, 0.2) is 54.6 Å². The zero-order chi connectivity index (χ0) is 17.9. The van der Waals surface area contributed by atoms with Crippen molar-refractivity contribution in [1.29, 1.82) is 0 Å². The zero-order valence-electron chi connectivity index (χ0n) is 15.4. The smallest absolute Gasteiger partial charge is 0.145 e. The number of ether oxygens (including phenoxy) is 1. The van der Waals surface area contributed by atoms with E-state index >= 15 is 0 Å². The lowest BCUT2D eigenvalue weighted by atomic mass is 10.0. The summed E-state index contributed by atoms with van der Waals surface area (Å²) >= 11 is 0. The van der Waals surface area contributed by atoms with Crippen LogP contribution in [0, 0.1) is 6.92 Å². The molecule has 1 aromatic heterocycles. The van der Waals surface area contributed by atoms with E-state index in [-0.39, 0.29) is 0 Å². The van der Waals surface area contributed by atoms with Crippen LogP contribution < -0.4 is 15.0 Å². The molecule has 4 rings (SSSR count). The van der Waals surface area contributed by atoms with Crippen LogP contribution in [0.2, 0.25) is 0 Å². The van der Waals surface area contributed by atoms with Gasteiger partial charge in [0.15, 0.2) is 0 Å². The van der Waals surface area contributed by atoms with Crippen LogP contribution in [0.3, 0.4) is 0 Å². The molecule has 0 bridgehead atoms.